The van der Waals surface area contributed by atoms with E-state index in [9.17, 15) is 19.2 Å². The number of carbonyl (C=O) groups is 4. The number of methoxy groups -OCH3 is 2. The van der Waals surface area contributed by atoms with Gasteiger partial charge in [0.05, 0.1) is 44.1 Å². The van der Waals surface area contributed by atoms with Crippen molar-refractivity contribution in [3.63, 3.8) is 0 Å². The zero-order chi connectivity index (χ0) is 27.2. The third-order valence-corrected chi connectivity index (χ3v) is 8.54. The van der Waals surface area contributed by atoms with Crippen molar-refractivity contribution in [1.29, 1.82) is 0 Å². The number of pyridine rings is 1. The van der Waals surface area contributed by atoms with Gasteiger partial charge < -0.3 is 23.4 Å². The Kier molecular flexibility index (Phi) is 6.36. The normalized spacial score (nSPS) is 32.3. The van der Waals surface area contributed by atoms with E-state index in [0.29, 0.717) is 30.7 Å². The molecule has 3 aliphatic rings. The lowest BCUT2D eigenvalue weighted by Gasteiger charge is -2.59. The summed E-state index contributed by atoms with van der Waals surface area (Å²) in [6, 6.07) is 4.69. The average Bonchev–Trinajstić information content (AvgIpc) is 3.44. The predicted molar refractivity (Wildman–Crippen MR) is 129 cm³/mol. The fourth-order valence-electron chi connectivity index (χ4n) is 6.67. The summed E-state index contributed by atoms with van der Waals surface area (Å²) in [7, 11) is 2.73. The molecule has 1 saturated carbocycles. The van der Waals surface area contributed by atoms with Gasteiger partial charge in [0.15, 0.2) is 5.76 Å². The number of hydrogen-bond donors (Lipinski definition) is 0. The zero-order valence-corrected chi connectivity index (χ0v) is 21.6. The third kappa shape index (κ3) is 3.99. The van der Waals surface area contributed by atoms with Crippen molar-refractivity contribution in [3.05, 3.63) is 59.9 Å². The van der Waals surface area contributed by atoms with Crippen LogP contribution in [0.1, 0.15) is 55.1 Å². The fourth-order valence-corrected chi connectivity index (χ4v) is 6.67. The van der Waals surface area contributed by atoms with Gasteiger partial charge in [-0.05, 0) is 48.3 Å². The Labute approximate surface area is 219 Å². The third-order valence-electron chi connectivity index (χ3n) is 8.54. The summed E-state index contributed by atoms with van der Waals surface area (Å²) in [6.07, 6.45) is 6.26. The highest BCUT2D eigenvalue weighted by atomic mass is 16.6. The lowest BCUT2D eigenvalue weighted by Crippen LogP contribution is -2.61. The van der Waals surface area contributed by atoms with Gasteiger partial charge in [0.1, 0.15) is 6.10 Å². The van der Waals surface area contributed by atoms with E-state index < -0.39 is 58.4 Å². The molecule has 2 fully saturated rings. The van der Waals surface area contributed by atoms with E-state index >= 15 is 0 Å². The van der Waals surface area contributed by atoms with Crippen molar-refractivity contribution < 1.29 is 42.5 Å². The van der Waals surface area contributed by atoms with Crippen LogP contribution in [0.4, 0.5) is 0 Å². The number of esters is 3. The summed E-state index contributed by atoms with van der Waals surface area (Å²) in [4.78, 5) is 57.4. The van der Waals surface area contributed by atoms with Gasteiger partial charge in [-0.1, -0.05) is 13.8 Å². The smallest absolute Gasteiger partial charge is 0.345 e. The summed E-state index contributed by atoms with van der Waals surface area (Å²) in [5.41, 5.74) is -0.962. The number of ether oxygens (including phenoxy) is 4. The molecular weight excluding hydrogens is 494 g/mol. The number of fused-ring (bicyclic) bond motifs is 3. The second-order valence-electron chi connectivity index (χ2n) is 10.6. The number of nitrogens with zero attached hydrogens (tertiary/aromatic N) is 1. The maximum absolute atomic E-state index is 14.1. The van der Waals surface area contributed by atoms with E-state index in [1.807, 2.05) is 13.8 Å². The predicted octanol–water partition coefficient (Wildman–Crippen LogP) is 3.82. The molecule has 6 atom stereocenters. The van der Waals surface area contributed by atoms with Gasteiger partial charge in [-0.2, -0.15) is 0 Å². The van der Waals surface area contributed by atoms with Crippen LogP contribution < -0.4 is 4.74 Å². The zero-order valence-electron chi connectivity index (χ0n) is 21.6. The van der Waals surface area contributed by atoms with Crippen LogP contribution in [-0.4, -0.2) is 42.9 Å². The van der Waals surface area contributed by atoms with Crippen LogP contribution in [0.25, 0.3) is 0 Å². The van der Waals surface area contributed by atoms with E-state index in [1.165, 1.54) is 51.2 Å². The number of Topliss-reactive ketones (excluding diaryl/α,β-unsaturated/α-hetero) is 1. The van der Waals surface area contributed by atoms with Crippen LogP contribution in [0.2, 0.25) is 0 Å². The molecule has 2 aromatic rings. The van der Waals surface area contributed by atoms with Crippen LogP contribution in [0.15, 0.2) is 53.2 Å². The summed E-state index contributed by atoms with van der Waals surface area (Å²) >= 11 is 0. The molecule has 0 amide bonds. The van der Waals surface area contributed by atoms with Gasteiger partial charge >= 0.3 is 17.9 Å². The number of ketones is 1. The molecule has 0 spiro atoms. The first-order valence-electron chi connectivity index (χ1n) is 12.4. The number of rotatable bonds is 5. The second-order valence-corrected chi connectivity index (χ2v) is 10.6. The summed E-state index contributed by atoms with van der Waals surface area (Å²) in [5, 5.41) is 0. The van der Waals surface area contributed by atoms with Gasteiger partial charge in [-0.25, -0.2) is 9.78 Å². The first-order chi connectivity index (χ1) is 18.1. The van der Waals surface area contributed by atoms with Gasteiger partial charge in [0, 0.05) is 23.7 Å². The average molecular weight is 524 g/mol. The number of allylic oxidation sites excluding steroid dienone is 1. The quantitative estimate of drug-likeness (QED) is 0.421. The topological polar surface area (TPSA) is 131 Å². The highest BCUT2D eigenvalue weighted by molar-refractivity contribution is 6.03. The molecule has 1 saturated heterocycles. The van der Waals surface area contributed by atoms with Crippen molar-refractivity contribution in [2.45, 2.75) is 39.2 Å². The minimum absolute atomic E-state index is 0.108. The molecule has 0 radical (unpaired) electrons. The van der Waals surface area contributed by atoms with Crippen LogP contribution in [0, 0.1) is 28.6 Å². The molecule has 200 valence electrons. The van der Waals surface area contributed by atoms with E-state index in [1.54, 1.807) is 6.07 Å². The largest absolute Gasteiger partial charge is 0.481 e. The minimum Gasteiger partial charge on any atom is -0.481 e. The molecule has 2 aliphatic carbocycles. The molecular formula is C28H29NO9. The van der Waals surface area contributed by atoms with E-state index in [0.717, 1.165) is 0 Å². The van der Waals surface area contributed by atoms with Crippen molar-refractivity contribution >= 4 is 23.7 Å². The van der Waals surface area contributed by atoms with Crippen LogP contribution >= 0.6 is 0 Å². The number of aromatic nitrogens is 1. The Morgan fingerprint density at radius 1 is 1.11 bits per heavy atom. The molecule has 1 aliphatic heterocycles. The van der Waals surface area contributed by atoms with Crippen molar-refractivity contribution in [2.75, 3.05) is 14.2 Å². The molecule has 10 nitrogen and oxygen atoms in total. The van der Waals surface area contributed by atoms with Gasteiger partial charge in [0.2, 0.25) is 11.7 Å². The second kappa shape index (κ2) is 9.41. The molecule has 5 rings (SSSR count). The van der Waals surface area contributed by atoms with Crippen molar-refractivity contribution in [2.24, 2.45) is 28.6 Å². The first kappa shape index (κ1) is 25.7. The Balaban J connectivity index is 1.54. The van der Waals surface area contributed by atoms with Gasteiger partial charge in [0.25, 0.3) is 0 Å². The molecule has 10 heteroatoms. The summed E-state index contributed by atoms with van der Waals surface area (Å²) < 4.78 is 26.7. The summed E-state index contributed by atoms with van der Waals surface area (Å²) in [5.74, 6) is -4.36. The molecule has 3 heterocycles. The maximum atomic E-state index is 14.1. The minimum atomic E-state index is -0.888. The van der Waals surface area contributed by atoms with Gasteiger partial charge in [-0.15, -0.1) is 0 Å². The van der Waals surface area contributed by atoms with Crippen LogP contribution in [0.3, 0.4) is 0 Å². The van der Waals surface area contributed by atoms with E-state index in [-0.39, 0.29) is 11.3 Å². The Hall–Kier alpha value is -3.95. The number of furan rings is 1. The lowest BCUT2D eigenvalue weighted by molar-refractivity contribution is -0.197. The molecule has 6 unspecified atom stereocenters. The Bertz CT molecular complexity index is 1300. The molecule has 2 aromatic heterocycles. The molecule has 0 aromatic carbocycles. The molecule has 0 bridgehead atoms. The van der Waals surface area contributed by atoms with Crippen LogP contribution in [-0.2, 0) is 28.6 Å². The van der Waals surface area contributed by atoms with E-state index in [4.69, 9.17) is 23.4 Å². The molecule has 0 N–H and O–H groups in total. The Morgan fingerprint density at radius 3 is 2.53 bits per heavy atom. The lowest BCUT2D eigenvalue weighted by atomic mass is 9.44. The highest BCUT2D eigenvalue weighted by Gasteiger charge is 2.66. The first-order valence-corrected chi connectivity index (χ1v) is 12.4. The highest BCUT2D eigenvalue weighted by Crippen LogP contribution is 2.64. The summed E-state index contributed by atoms with van der Waals surface area (Å²) in [6.45, 7) is 3.76. The van der Waals surface area contributed by atoms with Gasteiger partial charge in [-0.3, -0.25) is 14.4 Å². The standard InChI is InChI=1S/C28H29NO9/c1-27-9-7-17-26(33)38-20(16-8-10-36-14-16)12-28(17,2)23(27)22(30)19(11-18(27)25(32)35-4)37-24(31)15-5-6-21(34-3)29-13-15/h5-6,8,10-11,13-14,17-18,20,23H,7,9,12H2,1-4H3. The van der Waals surface area contributed by atoms with E-state index in [2.05, 4.69) is 4.98 Å². The molecule has 38 heavy (non-hydrogen) atoms. The SMILES string of the molecule is COC(=O)C1C=C(OC(=O)c2ccc(OC)nc2)C(=O)C2C1(C)CCC1C(=O)OC(c3ccoc3)CC12C. The monoisotopic (exact) mass is 523 g/mol. The number of hydrogen-bond acceptors (Lipinski definition) is 10. The number of carbonyl (C=O) groups excluding carboxylic acids is 4. The number of cyclic esters (lactones) is 1. The Morgan fingerprint density at radius 2 is 1.89 bits per heavy atom. The fraction of sp³-hybridized carbons (Fsp3) is 0.464. The van der Waals surface area contributed by atoms with Crippen molar-refractivity contribution in [1.82, 2.24) is 4.98 Å². The maximum Gasteiger partial charge on any atom is 0.345 e. The van der Waals surface area contributed by atoms with Crippen LogP contribution in [0.5, 0.6) is 5.88 Å². The van der Waals surface area contributed by atoms with Crippen molar-refractivity contribution in [3.8, 4) is 5.88 Å².